The van der Waals surface area contributed by atoms with Gasteiger partial charge < -0.3 is 9.05 Å². The molecule has 0 spiro atoms. The van der Waals surface area contributed by atoms with Gasteiger partial charge in [-0.3, -0.25) is 0 Å². The Labute approximate surface area is 125 Å². The molecule has 0 aliphatic carbocycles. The predicted octanol–water partition coefficient (Wildman–Crippen LogP) is 5.75. The van der Waals surface area contributed by atoms with Gasteiger partial charge in [-0.2, -0.15) is 0 Å². The Morgan fingerprint density at radius 1 is 0.850 bits per heavy atom. The molecule has 0 N–H and O–H groups in total. The summed E-state index contributed by atoms with van der Waals surface area (Å²) in [5.41, 5.74) is 3.97. The average molecular weight is 296 g/mol. The number of unbranched alkanes of at least 4 members (excludes halogenated alkanes) is 2. The molecule has 0 saturated heterocycles. The van der Waals surface area contributed by atoms with E-state index in [2.05, 4.69) is 45.9 Å². The summed E-state index contributed by atoms with van der Waals surface area (Å²) in [4.78, 5) is 0. The first-order valence-electron chi connectivity index (χ1n) is 7.76. The molecule has 20 heavy (non-hydrogen) atoms. The summed E-state index contributed by atoms with van der Waals surface area (Å²) in [5, 5.41) is 0. The Balaban J connectivity index is 2.56. The third-order valence-corrected chi connectivity index (χ3v) is 4.62. The van der Waals surface area contributed by atoms with Gasteiger partial charge in [0.1, 0.15) is 0 Å². The number of aryl methyl sites for hydroxylation is 2. The van der Waals surface area contributed by atoms with Crippen LogP contribution in [0.15, 0.2) is 18.2 Å². The van der Waals surface area contributed by atoms with Gasteiger partial charge in [-0.1, -0.05) is 56.0 Å². The van der Waals surface area contributed by atoms with Gasteiger partial charge in [0, 0.05) is 6.16 Å². The molecule has 0 bridgehead atoms. The second-order valence-corrected chi connectivity index (χ2v) is 6.86. The van der Waals surface area contributed by atoms with Gasteiger partial charge in [-0.25, -0.2) is 0 Å². The zero-order valence-electron chi connectivity index (χ0n) is 13.4. The van der Waals surface area contributed by atoms with Crippen LogP contribution in [0.5, 0.6) is 0 Å². The molecule has 114 valence electrons. The zero-order chi connectivity index (χ0) is 14.8. The van der Waals surface area contributed by atoms with Crippen LogP contribution in [0.4, 0.5) is 0 Å². The molecule has 0 atom stereocenters. The van der Waals surface area contributed by atoms with Crippen molar-refractivity contribution in [1.82, 2.24) is 0 Å². The summed E-state index contributed by atoms with van der Waals surface area (Å²) in [6, 6.07) is 6.70. The van der Waals surface area contributed by atoms with Crippen LogP contribution in [0.2, 0.25) is 0 Å². The zero-order valence-corrected chi connectivity index (χ0v) is 14.3. The Kier molecular flexibility index (Phi) is 9.09. The summed E-state index contributed by atoms with van der Waals surface area (Å²) in [6.45, 7) is 10.3. The van der Waals surface area contributed by atoms with Crippen molar-refractivity contribution >= 4 is 8.38 Å². The van der Waals surface area contributed by atoms with Crippen LogP contribution >= 0.6 is 8.38 Å². The highest BCUT2D eigenvalue weighted by atomic mass is 31.2. The Morgan fingerprint density at radius 3 is 1.80 bits per heavy atom. The van der Waals surface area contributed by atoms with E-state index >= 15 is 0 Å². The van der Waals surface area contributed by atoms with Gasteiger partial charge in [0.05, 0.1) is 13.2 Å². The van der Waals surface area contributed by atoms with Crippen LogP contribution in [0.3, 0.4) is 0 Å². The van der Waals surface area contributed by atoms with Crippen LogP contribution < -0.4 is 0 Å². The maximum Gasteiger partial charge on any atom is 0.175 e. The molecular weight excluding hydrogens is 267 g/mol. The number of rotatable bonds is 10. The summed E-state index contributed by atoms with van der Waals surface area (Å²) in [5.74, 6) is 0. The Morgan fingerprint density at radius 2 is 1.35 bits per heavy atom. The largest absolute Gasteiger partial charge is 0.334 e. The molecule has 0 amide bonds. The lowest BCUT2D eigenvalue weighted by Gasteiger charge is -2.18. The van der Waals surface area contributed by atoms with Crippen molar-refractivity contribution in [2.24, 2.45) is 0 Å². The third kappa shape index (κ3) is 7.38. The highest BCUT2D eigenvalue weighted by molar-refractivity contribution is 7.46. The van der Waals surface area contributed by atoms with E-state index in [9.17, 15) is 0 Å². The van der Waals surface area contributed by atoms with E-state index < -0.39 is 8.38 Å². The van der Waals surface area contributed by atoms with E-state index in [1.54, 1.807) is 0 Å². The van der Waals surface area contributed by atoms with Gasteiger partial charge >= 0.3 is 0 Å². The molecule has 0 aromatic heterocycles. The average Bonchev–Trinajstić information content (AvgIpc) is 2.38. The van der Waals surface area contributed by atoms with Crippen molar-refractivity contribution in [3.8, 4) is 0 Å². The van der Waals surface area contributed by atoms with Gasteiger partial charge in [0.2, 0.25) is 0 Å². The van der Waals surface area contributed by atoms with Gasteiger partial charge in [-0.15, -0.1) is 0 Å². The SMILES string of the molecule is CCCCOP(Cc1cc(C)cc(C)c1)OCCCC. The number of hydrogen-bond donors (Lipinski definition) is 0. The van der Waals surface area contributed by atoms with Crippen molar-refractivity contribution in [3.05, 3.63) is 34.9 Å². The lowest BCUT2D eigenvalue weighted by molar-refractivity contribution is 0.242. The van der Waals surface area contributed by atoms with Crippen LogP contribution in [-0.4, -0.2) is 13.2 Å². The fourth-order valence-corrected chi connectivity index (χ4v) is 3.46. The monoisotopic (exact) mass is 296 g/mol. The van der Waals surface area contributed by atoms with Crippen molar-refractivity contribution < 1.29 is 9.05 Å². The van der Waals surface area contributed by atoms with E-state index in [0.29, 0.717) is 0 Å². The van der Waals surface area contributed by atoms with Crippen LogP contribution in [0, 0.1) is 13.8 Å². The van der Waals surface area contributed by atoms with Crippen LogP contribution in [-0.2, 0) is 15.2 Å². The van der Waals surface area contributed by atoms with Crippen molar-refractivity contribution in [2.45, 2.75) is 59.5 Å². The third-order valence-electron chi connectivity index (χ3n) is 3.06. The number of hydrogen-bond acceptors (Lipinski definition) is 2. The highest BCUT2D eigenvalue weighted by Crippen LogP contribution is 2.42. The summed E-state index contributed by atoms with van der Waals surface area (Å²) >= 11 is 0. The summed E-state index contributed by atoms with van der Waals surface area (Å²) < 4.78 is 11.9. The molecule has 0 aliphatic rings. The molecule has 1 aromatic carbocycles. The first kappa shape index (κ1) is 17.6. The fourth-order valence-electron chi connectivity index (χ4n) is 2.06. The summed E-state index contributed by atoms with van der Waals surface area (Å²) in [7, 11) is -0.785. The molecule has 0 saturated carbocycles. The van der Waals surface area contributed by atoms with Crippen LogP contribution in [0.1, 0.15) is 56.2 Å². The van der Waals surface area contributed by atoms with E-state index in [-0.39, 0.29) is 0 Å². The maximum absolute atomic E-state index is 5.96. The maximum atomic E-state index is 5.96. The molecule has 0 heterocycles. The predicted molar refractivity (Wildman–Crippen MR) is 88.3 cm³/mol. The van der Waals surface area contributed by atoms with E-state index in [4.69, 9.17) is 9.05 Å². The van der Waals surface area contributed by atoms with E-state index in [1.807, 2.05) is 0 Å². The minimum absolute atomic E-state index is 0.785. The van der Waals surface area contributed by atoms with Crippen molar-refractivity contribution in [3.63, 3.8) is 0 Å². The standard InChI is InChI=1S/C17H29O2P/c1-5-7-9-18-20(19-10-8-6-2)14-17-12-15(3)11-16(4)13-17/h11-13H,5-10,14H2,1-4H3. The second-order valence-electron chi connectivity index (χ2n) is 5.36. The first-order valence-corrected chi connectivity index (χ1v) is 9.12. The molecule has 1 aromatic rings. The van der Waals surface area contributed by atoms with Gasteiger partial charge in [0.15, 0.2) is 8.38 Å². The van der Waals surface area contributed by atoms with Crippen LogP contribution in [0.25, 0.3) is 0 Å². The smallest absolute Gasteiger partial charge is 0.175 e. The molecule has 3 heteroatoms. The minimum Gasteiger partial charge on any atom is -0.334 e. The molecule has 0 aliphatic heterocycles. The van der Waals surface area contributed by atoms with Gasteiger partial charge in [0.25, 0.3) is 0 Å². The molecule has 2 nitrogen and oxygen atoms in total. The second kappa shape index (κ2) is 10.3. The summed E-state index contributed by atoms with van der Waals surface area (Å²) in [6.07, 6.45) is 5.47. The minimum atomic E-state index is -0.785. The molecular formula is C17H29O2P. The fraction of sp³-hybridized carbons (Fsp3) is 0.647. The normalized spacial score (nSPS) is 11.2. The topological polar surface area (TPSA) is 18.5 Å². The number of benzene rings is 1. The van der Waals surface area contributed by atoms with Crippen molar-refractivity contribution in [1.29, 1.82) is 0 Å². The molecule has 0 unspecified atom stereocenters. The van der Waals surface area contributed by atoms with E-state index in [0.717, 1.165) is 32.2 Å². The molecule has 1 rings (SSSR count). The van der Waals surface area contributed by atoms with Crippen molar-refractivity contribution in [2.75, 3.05) is 13.2 Å². The quantitative estimate of drug-likeness (QED) is 0.404. The first-order chi connectivity index (χ1) is 9.65. The van der Waals surface area contributed by atoms with E-state index in [1.165, 1.54) is 29.5 Å². The Hall–Kier alpha value is -0.430. The Bertz CT molecular complexity index is 349. The highest BCUT2D eigenvalue weighted by Gasteiger charge is 2.12. The lowest BCUT2D eigenvalue weighted by atomic mass is 10.1. The van der Waals surface area contributed by atoms with Gasteiger partial charge in [-0.05, 0) is 32.3 Å². The molecule has 0 radical (unpaired) electrons. The molecule has 0 fully saturated rings. The lowest BCUT2D eigenvalue weighted by Crippen LogP contribution is -1.98.